The monoisotopic (exact) mass is 1380 g/mol. The van der Waals surface area contributed by atoms with Gasteiger partial charge >= 0.3 is 39.5 Å². The van der Waals surface area contributed by atoms with Crippen molar-refractivity contribution in [3.63, 3.8) is 0 Å². The number of aliphatic hydroxyl groups excluding tert-OH is 1. The van der Waals surface area contributed by atoms with Crippen molar-refractivity contribution >= 4 is 39.5 Å². The fourth-order valence-corrected chi connectivity index (χ4v) is 13.1. The van der Waals surface area contributed by atoms with Gasteiger partial charge in [0.1, 0.15) is 19.3 Å². The number of phosphoric ester groups is 2. The van der Waals surface area contributed by atoms with Crippen molar-refractivity contribution in [1.82, 2.24) is 0 Å². The maximum atomic E-state index is 13.1. The first-order valence-electron chi connectivity index (χ1n) is 39.1. The van der Waals surface area contributed by atoms with Crippen LogP contribution in [0.15, 0.2) is 0 Å². The second-order valence-corrected chi connectivity index (χ2v) is 30.4. The van der Waals surface area contributed by atoms with Crippen LogP contribution in [0.4, 0.5) is 0 Å². The molecule has 0 aliphatic heterocycles. The summed E-state index contributed by atoms with van der Waals surface area (Å²) in [5, 5.41) is 10.6. The number of esters is 4. The number of hydrogen-bond donors (Lipinski definition) is 3. The van der Waals surface area contributed by atoms with E-state index >= 15 is 0 Å². The highest BCUT2D eigenvalue weighted by Crippen LogP contribution is 2.45. The second kappa shape index (κ2) is 68.2. The third kappa shape index (κ3) is 68.6. The number of aliphatic hydroxyl groups is 1. The number of carbonyl (C=O) groups is 4. The third-order valence-electron chi connectivity index (χ3n) is 17.5. The lowest BCUT2D eigenvalue weighted by molar-refractivity contribution is -0.161. The summed E-state index contributed by atoms with van der Waals surface area (Å²) in [4.78, 5) is 72.8. The maximum absolute atomic E-state index is 13.1. The van der Waals surface area contributed by atoms with Gasteiger partial charge in [0.05, 0.1) is 26.4 Å². The summed E-state index contributed by atoms with van der Waals surface area (Å²) in [6, 6.07) is 0. The van der Waals surface area contributed by atoms with Gasteiger partial charge in [0.2, 0.25) is 0 Å². The lowest BCUT2D eigenvalue weighted by atomic mass is 10.0. The molecule has 0 radical (unpaired) electrons. The normalized spacial score (nSPS) is 14.0. The summed E-state index contributed by atoms with van der Waals surface area (Å²) in [6.07, 6.45) is 56.6. The SMILES string of the molecule is CCCCCCCCCCCCCCCCCC(=O)OC[C@H](COP(=O)(O)OC[C@@H](O)COP(=O)(O)OC[C@@H](COC(=O)CCCCCCCCCCCCC)OC(=O)CCCCCCCCCCCCCC)OC(=O)CCCCCCCCCCCCCCCC(C)C. The molecule has 0 heterocycles. The van der Waals surface area contributed by atoms with Gasteiger partial charge in [-0.25, -0.2) is 9.13 Å². The van der Waals surface area contributed by atoms with Gasteiger partial charge in [0.15, 0.2) is 12.2 Å². The van der Waals surface area contributed by atoms with Crippen molar-refractivity contribution in [2.75, 3.05) is 39.6 Å². The molecular formula is C75H146O17P2. The van der Waals surface area contributed by atoms with Gasteiger partial charge in [-0.2, -0.15) is 0 Å². The molecule has 0 fully saturated rings. The van der Waals surface area contributed by atoms with Crippen LogP contribution < -0.4 is 0 Å². The molecule has 94 heavy (non-hydrogen) atoms. The fourth-order valence-electron chi connectivity index (χ4n) is 11.5. The Morgan fingerprint density at radius 3 is 0.723 bits per heavy atom. The van der Waals surface area contributed by atoms with E-state index in [4.69, 9.17) is 37.0 Å². The molecule has 0 aliphatic carbocycles. The molecule has 0 aromatic carbocycles. The molecule has 558 valence electrons. The van der Waals surface area contributed by atoms with Crippen molar-refractivity contribution in [3.8, 4) is 0 Å². The Kier molecular flexibility index (Phi) is 66.8. The second-order valence-electron chi connectivity index (χ2n) is 27.5. The van der Waals surface area contributed by atoms with E-state index in [1.165, 1.54) is 218 Å². The predicted octanol–water partition coefficient (Wildman–Crippen LogP) is 22.1. The van der Waals surface area contributed by atoms with E-state index in [0.717, 1.165) is 95.8 Å². The molecular weight excluding hydrogens is 1230 g/mol. The predicted molar refractivity (Wildman–Crippen MR) is 382 cm³/mol. The van der Waals surface area contributed by atoms with Crippen LogP contribution in [0.2, 0.25) is 0 Å². The molecule has 0 amide bonds. The minimum absolute atomic E-state index is 0.108. The molecule has 0 aliphatic rings. The average molecular weight is 1380 g/mol. The minimum atomic E-state index is -4.96. The first-order chi connectivity index (χ1) is 45.5. The van der Waals surface area contributed by atoms with E-state index in [0.29, 0.717) is 25.7 Å². The van der Waals surface area contributed by atoms with Crippen molar-refractivity contribution in [3.05, 3.63) is 0 Å². The van der Waals surface area contributed by atoms with Crippen molar-refractivity contribution < 1.29 is 80.2 Å². The molecule has 0 rings (SSSR count). The van der Waals surface area contributed by atoms with Gasteiger partial charge in [0, 0.05) is 25.7 Å². The number of hydrogen-bond acceptors (Lipinski definition) is 15. The Bertz CT molecular complexity index is 1810. The average Bonchev–Trinajstić information content (AvgIpc) is 1.90. The smallest absolute Gasteiger partial charge is 0.462 e. The molecule has 5 atom stereocenters. The summed E-state index contributed by atoms with van der Waals surface area (Å²) in [5.74, 6) is -1.33. The Labute approximate surface area is 575 Å². The Morgan fingerprint density at radius 2 is 0.489 bits per heavy atom. The minimum Gasteiger partial charge on any atom is -0.462 e. The lowest BCUT2D eigenvalue weighted by Gasteiger charge is -2.21. The standard InChI is InChI=1S/C75H146O17P2/c1-6-9-12-15-18-21-24-26-27-30-35-39-44-49-54-59-73(78)86-65-71(92-75(80)61-56-51-46-41-36-31-28-29-33-37-42-47-52-57-68(4)5)67-90-94(83,84)88-63-69(76)62-87-93(81,82)89-66-70(64-85-72(77)58-53-48-43-38-32-23-20-17-14-11-8-3)91-74(79)60-55-50-45-40-34-25-22-19-16-13-10-7-2/h68-71,76H,6-67H2,1-5H3,(H,81,82)(H,83,84)/t69-,70+,71+/m0/s1. The van der Waals surface area contributed by atoms with E-state index in [1.807, 2.05) is 0 Å². The molecule has 0 spiro atoms. The molecule has 0 saturated heterocycles. The van der Waals surface area contributed by atoms with Gasteiger partial charge in [-0.3, -0.25) is 37.3 Å². The summed E-state index contributed by atoms with van der Waals surface area (Å²) >= 11 is 0. The molecule has 0 bridgehead atoms. The Balaban J connectivity index is 5.25. The molecule has 3 N–H and O–H groups in total. The molecule has 17 nitrogen and oxygen atoms in total. The van der Waals surface area contributed by atoms with E-state index in [2.05, 4.69) is 34.6 Å². The lowest BCUT2D eigenvalue weighted by Crippen LogP contribution is -2.30. The van der Waals surface area contributed by atoms with Gasteiger partial charge in [-0.05, 0) is 31.6 Å². The third-order valence-corrected chi connectivity index (χ3v) is 19.4. The Hall–Kier alpha value is -1.94. The van der Waals surface area contributed by atoms with Crippen molar-refractivity contribution in [2.45, 2.75) is 412 Å². The number of carbonyl (C=O) groups excluding carboxylic acids is 4. The summed E-state index contributed by atoms with van der Waals surface area (Å²) in [7, 11) is -9.91. The summed E-state index contributed by atoms with van der Waals surface area (Å²) < 4.78 is 68.5. The van der Waals surface area contributed by atoms with Gasteiger partial charge in [-0.1, -0.05) is 343 Å². The molecule has 19 heteroatoms. The van der Waals surface area contributed by atoms with Gasteiger partial charge in [-0.15, -0.1) is 0 Å². The zero-order chi connectivity index (χ0) is 69.1. The molecule has 0 aromatic heterocycles. The number of ether oxygens (including phenoxy) is 4. The van der Waals surface area contributed by atoms with Crippen molar-refractivity contribution in [2.24, 2.45) is 5.92 Å². The van der Waals surface area contributed by atoms with E-state index in [-0.39, 0.29) is 25.7 Å². The zero-order valence-corrected chi connectivity index (χ0v) is 62.9. The first kappa shape index (κ1) is 92.1. The van der Waals surface area contributed by atoms with Crippen molar-refractivity contribution in [1.29, 1.82) is 0 Å². The number of phosphoric acid groups is 2. The number of rotatable bonds is 75. The topological polar surface area (TPSA) is 237 Å². The maximum Gasteiger partial charge on any atom is 0.472 e. The zero-order valence-electron chi connectivity index (χ0n) is 61.1. The van der Waals surface area contributed by atoms with E-state index < -0.39 is 97.5 Å². The summed E-state index contributed by atoms with van der Waals surface area (Å²) in [5.41, 5.74) is 0. The van der Waals surface area contributed by atoms with E-state index in [9.17, 15) is 43.2 Å². The van der Waals surface area contributed by atoms with Crippen LogP contribution in [0.3, 0.4) is 0 Å². The Morgan fingerprint density at radius 1 is 0.287 bits per heavy atom. The largest absolute Gasteiger partial charge is 0.472 e. The van der Waals surface area contributed by atoms with Crippen LogP contribution in [0, 0.1) is 5.92 Å². The highest BCUT2D eigenvalue weighted by atomic mass is 31.2. The summed E-state index contributed by atoms with van der Waals surface area (Å²) in [6.45, 7) is 7.31. The molecule has 0 saturated carbocycles. The fraction of sp³-hybridized carbons (Fsp3) is 0.947. The quantitative estimate of drug-likeness (QED) is 0.0222. The highest BCUT2D eigenvalue weighted by Gasteiger charge is 2.30. The first-order valence-corrected chi connectivity index (χ1v) is 42.1. The molecule has 0 aromatic rings. The van der Waals surface area contributed by atoms with Gasteiger partial charge < -0.3 is 33.8 Å². The highest BCUT2D eigenvalue weighted by molar-refractivity contribution is 7.47. The van der Waals surface area contributed by atoms with Crippen LogP contribution in [-0.4, -0.2) is 96.7 Å². The van der Waals surface area contributed by atoms with Crippen LogP contribution in [-0.2, 0) is 65.4 Å². The van der Waals surface area contributed by atoms with Gasteiger partial charge in [0.25, 0.3) is 0 Å². The van der Waals surface area contributed by atoms with E-state index in [1.54, 1.807) is 0 Å². The van der Waals surface area contributed by atoms with Crippen LogP contribution >= 0.6 is 15.6 Å². The number of unbranched alkanes of at least 4 members (excludes halogenated alkanes) is 47. The van der Waals surface area contributed by atoms with Crippen LogP contribution in [0.25, 0.3) is 0 Å². The molecule has 2 unspecified atom stereocenters. The van der Waals surface area contributed by atoms with Crippen LogP contribution in [0.5, 0.6) is 0 Å². The van der Waals surface area contributed by atoms with Crippen LogP contribution in [0.1, 0.15) is 394 Å².